The molecule has 7 heteroatoms. The number of fused-ring (bicyclic) bond motifs is 1. The van der Waals surface area contributed by atoms with E-state index < -0.39 is 11.9 Å². The van der Waals surface area contributed by atoms with E-state index in [9.17, 15) is 14.4 Å². The van der Waals surface area contributed by atoms with Gasteiger partial charge in [-0.25, -0.2) is 0 Å². The van der Waals surface area contributed by atoms with Gasteiger partial charge in [-0.05, 0) is 36.2 Å². The first kappa shape index (κ1) is 18.4. The lowest BCUT2D eigenvalue weighted by atomic mass is 9.72. The number of hydrogen-bond donors (Lipinski definition) is 3. The van der Waals surface area contributed by atoms with Crippen molar-refractivity contribution < 1.29 is 19.5 Å². The van der Waals surface area contributed by atoms with Crippen molar-refractivity contribution in [2.75, 3.05) is 0 Å². The fraction of sp³-hybridized carbons (Fsp3) is 0.588. The van der Waals surface area contributed by atoms with Crippen molar-refractivity contribution in [1.29, 1.82) is 0 Å². The highest BCUT2D eigenvalue weighted by Gasteiger charge is 2.31. The highest BCUT2D eigenvalue weighted by Crippen LogP contribution is 2.40. The molecule has 0 fully saturated rings. The number of carboxylic acids is 1. The summed E-state index contributed by atoms with van der Waals surface area (Å²) in [5.41, 5.74) is 6.59. The first-order valence-electron chi connectivity index (χ1n) is 8.08. The maximum atomic E-state index is 12.3. The summed E-state index contributed by atoms with van der Waals surface area (Å²) in [7, 11) is 0. The molecule has 0 saturated carbocycles. The predicted octanol–water partition coefficient (Wildman–Crippen LogP) is 2.52. The van der Waals surface area contributed by atoms with Crippen molar-refractivity contribution in [2.45, 2.75) is 52.9 Å². The molecule has 0 saturated heterocycles. The van der Waals surface area contributed by atoms with E-state index in [1.54, 1.807) is 11.3 Å². The minimum atomic E-state index is -1.04. The predicted molar refractivity (Wildman–Crippen MR) is 91.8 cm³/mol. The molecule has 2 rings (SSSR count). The fourth-order valence-corrected chi connectivity index (χ4v) is 4.08. The Morgan fingerprint density at radius 2 is 1.96 bits per heavy atom. The maximum absolute atomic E-state index is 12.3. The molecule has 1 aromatic rings. The molecule has 24 heavy (non-hydrogen) atoms. The van der Waals surface area contributed by atoms with Crippen LogP contribution in [0.3, 0.4) is 0 Å². The van der Waals surface area contributed by atoms with Gasteiger partial charge in [-0.15, -0.1) is 11.3 Å². The number of hydrazine groups is 1. The molecule has 132 valence electrons. The van der Waals surface area contributed by atoms with Gasteiger partial charge >= 0.3 is 5.97 Å². The van der Waals surface area contributed by atoms with Crippen LogP contribution in [0.4, 0.5) is 0 Å². The van der Waals surface area contributed by atoms with E-state index in [2.05, 4.69) is 31.6 Å². The third-order valence-corrected chi connectivity index (χ3v) is 5.56. The van der Waals surface area contributed by atoms with Gasteiger partial charge in [-0.1, -0.05) is 20.8 Å². The molecule has 1 aliphatic rings. The van der Waals surface area contributed by atoms with Crippen LogP contribution in [0.25, 0.3) is 0 Å². The SMILES string of the molecule is CC(C)(C)[C@H]1CCc2c(C(=O)NNC(=O)CCC(=O)O)csc2C1. The van der Waals surface area contributed by atoms with E-state index >= 15 is 0 Å². The largest absolute Gasteiger partial charge is 0.481 e. The molecule has 6 nitrogen and oxygen atoms in total. The molecular formula is C17H24N2O4S. The van der Waals surface area contributed by atoms with Gasteiger partial charge in [0.05, 0.1) is 12.0 Å². The van der Waals surface area contributed by atoms with Gasteiger partial charge in [0, 0.05) is 16.7 Å². The molecule has 1 aromatic heterocycles. The Balaban J connectivity index is 1.95. The third-order valence-electron chi connectivity index (χ3n) is 4.51. The smallest absolute Gasteiger partial charge is 0.303 e. The van der Waals surface area contributed by atoms with Gasteiger partial charge in [-0.3, -0.25) is 25.2 Å². The van der Waals surface area contributed by atoms with E-state index in [-0.39, 0.29) is 24.2 Å². The number of nitrogens with one attached hydrogen (secondary N) is 2. The number of hydrogen-bond acceptors (Lipinski definition) is 4. The average Bonchev–Trinajstić information content (AvgIpc) is 2.92. The zero-order valence-corrected chi connectivity index (χ0v) is 15.1. The molecule has 0 radical (unpaired) electrons. The second kappa shape index (κ2) is 7.34. The number of amides is 2. The van der Waals surface area contributed by atoms with Crippen LogP contribution < -0.4 is 10.9 Å². The summed E-state index contributed by atoms with van der Waals surface area (Å²) in [6.07, 6.45) is 2.49. The number of carbonyl (C=O) groups is 3. The lowest BCUT2D eigenvalue weighted by molar-refractivity contribution is -0.138. The van der Waals surface area contributed by atoms with E-state index in [1.165, 1.54) is 4.88 Å². The van der Waals surface area contributed by atoms with Crippen molar-refractivity contribution >= 4 is 29.1 Å². The maximum Gasteiger partial charge on any atom is 0.303 e. The highest BCUT2D eigenvalue weighted by molar-refractivity contribution is 7.10. The van der Waals surface area contributed by atoms with Crippen LogP contribution in [-0.4, -0.2) is 22.9 Å². The topological polar surface area (TPSA) is 95.5 Å². The first-order valence-corrected chi connectivity index (χ1v) is 8.96. The minimum absolute atomic E-state index is 0.162. The Labute approximate surface area is 145 Å². The molecule has 3 N–H and O–H groups in total. The Bertz CT molecular complexity index is 646. The van der Waals surface area contributed by atoms with Gasteiger partial charge in [0.2, 0.25) is 5.91 Å². The van der Waals surface area contributed by atoms with Crippen molar-refractivity contribution in [3.63, 3.8) is 0 Å². The Kier molecular flexibility index (Phi) is 5.64. The third kappa shape index (κ3) is 4.56. The van der Waals surface area contributed by atoms with Crippen molar-refractivity contribution in [3.8, 4) is 0 Å². The Morgan fingerprint density at radius 3 is 2.58 bits per heavy atom. The van der Waals surface area contributed by atoms with Gasteiger partial charge in [0.1, 0.15) is 0 Å². The van der Waals surface area contributed by atoms with E-state index in [0.29, 0.717) is 11.5 Å². The van der Waals surface area contributed by atoms with E-state index in [4.69, 9.17) is 5.11 Å². The summed E-state index contributed by atoms with van der Waals surface area (Å²) in [6, 6.07) is 0. The van der Waals surface area contributed by atoms with Crippen molar-refractivity contribution in [3.05, 3.63) is 21.4 Å². The fourth-order valence-electron chi connectivity index (χ4n) is 2.92. The van der Waals surface area contributed by atoms with E-state index in [0.717, 1.165) is 24.8 Å². The highest BCUT2D eigenvalue weighted by atomic mass is 32.1. The average molecular weight is 352 g/mol. The molecule has 1 atom stereocenters. The minimum Gasteiger partial charge on any atom is -0.481 e. The van der Waals surface area contributed by atoms with Crippen molar-refractivity contribution in [1.82, 2.24) is 10.9 Å². The van der Waals surface area contributed by atoms with Crippen LogP contribution >= 0.6 is 11.3 Å². The van der Waals surface area contributed by atoms with Crippen LogP contribution in [0.15, 0.2) is 5.38 Å². The zero-order valence-electron chi connectivity index (χ0n) is 14.3. The number of thiophene rings is 1. The van der Waals surface area contributed by atoms with Crippen LogP contribution in [-0.2, 0) is 22.4 Å². The summed E-state index contributed by atoms with van der Waals surface area (Å²) in [4.78, 5) is 35.4. The number of carbonyl (C=O) groups excluding carboxylic acids is 2. The standard InChI is InChI=1S/C17H24N2O4S/c1-17(2,3)10-4-5-11-12(9-24-13(11)8-10)16(23)19-18-14(20)6-7-15(21)22/h9-10H,4-8H2,1-3H3,(H,18,20)(H,19,23)(H,21,22)/t10-/m0/s1. The van der Waals surface area contributed by atoms with Gasteiger partial charge in [0.25, 0.3) is 5.91 Å². The van der Waals surface area contributed by atoms with Crippen LogP contribution in [0.2, 0.25) is 0 Å². The molecule has 0 aliphatic heterocycles. The van der Waals surface area contributed by atoms with E-state index in [1.807, 2.05) is 5.38 Å². The van der Waals surface area contributed by atoms with Gasteiger partial charge in [-0.2, -0.15) is 0 Å². The van der Waals surface area contributed by atoms with Crippen LogP contribution in [0, 0.1) is 11.3 Å². The number of carboxylic acid groups (broad SMARTS) is 1. The summed E-state index contributed by atoms with van der Waals surface area (Å²) < 4.78 is 0. The number of aliphatic carboxylic acids is 1. The molecule has 2 amide bonds. The summed E-state index contributed by atoms with van der Waals surface area (Å²) in [5, 5.41) is 10.4. The molecule has 0 unspecified atom stereocenters. The molecule has 0 aromatic carbocycles. The quantitative estimate of drug-likeness (QED) is 0.726. The van der Waals surface area contributed by atoms with Crippen LogP contribution in [0.1, 0.15) is 60.8 Å². The van der Waals surface area contributed by atoms with Crippen molar-refractivity contribution in [2.24, 2.45) is 11.3 Å². The lowest BCUT2D eigenvalue weighted by Gasteiger charge is -2.34. The summed E-state index contributed by atoms with van der Waals surface area (Å²) in [6.45, 7) is 6.74. The summed E-state index contributed by atoms with van der Waals surface area (Å²) >= 11 is 1.60. The Hall–Kier alpha value is -1.89. The summed E-state index contributed by atoms with van der Waals surface area (Å²) in [5.74, 6) is -1.29. The molecule has 1 heterocycles. The molecule has 1 aliphatic carbocycles. The molecule has 0 spiro atoms. The Morgan fingerprint density at radius 1 is 1.25 bits per heavy atom. The second-order valence-corrected chi connectivity index (χ2v) is 8.22. The van der Waals surface area contributed by atoms with Crippen LogP contribution in [0.5, 0.6) is 0 Å². The number of rotatable bonds is 4. The first-order chi connectivity index (χ1) is 11.2. The molecular weight excluding hydrogens is 328 g/mol. The molecule has 0 bridgehead atoms. The zero-order chi connectivity index (χ0) is 17.9. The second-order valence-electron chi connectivity index (χ2n) is 7.25. The lowest BCUT2D eigenvalue weighted by Crippen LogP contribution is -2.42. The normalized spacial score (nSPS) is 17.0. The monoisotopic (exact) mass is 352 g/mol. The van der Waals surface area contributed by atoms with Gasteiger partial charge < -0.3 is 5.11 Å². The van der Waals surface area contributed by atoms with Gasteiger partial charge in [0.15, 0.2) is 0 Å².